The van der Waals surface area contributed by atoms with Crippen molar-refractivity contribution in [1.29, 1.82) is 0 Å². The zero-order chi connectivity index (χ0) is 20.1. The quantitative estimate of drug-likeness (QED) is 0.565. The van der Waals surface area contributed by atoms with Crippen LogP contribution >= 0.6 is 0 Å². The van der Waals surface area contributed by atoms with Crippen LogP contribution in [0.25, 0.3) is 0 Å². The molecule has 7 nitrogen and oxygen atoms in total. The van der Waals surface area contributed by atoms with Crippen molar-refractivity contribution in [2.45, 2.75) is 40.0 Å². The minimum Gasteiger partial charge on any atom is -0.618 e. The van der Waals surface area contributed by atoms with E-state index in [1.165, 1.54) is 0 Å². The number of hydrogen-bond donors (Lipinski definition) is 1. The van der Waals surface area contributed by atoms with Gasteiger partial charge in [0.25, 0.3) is 5.69 Å². The van der Waals surface area contributed by atoms with Crippen LogP contribution in [0.1, 0.15) is 43.4 Å². The molecule has 0 bridgehead atoms. The Bertz CT molecular complexity index is 833. The molecule has 0 aliphatic heterocycles. The molecule has 7 heteroatoms. The van der Waals surface area contributed by atoms with Crippen LogP contribution in [-0.4, -0.2) is 26.3 Å². The number of benzene rings is 1. The third-order valence-electron chi connectivity index (χ3n) is 4.41. The second-order valence-electron chi connectivity index (χ2n) is 6.78. The summed E-state index contributed by atoms with van der Waals surface area (Å²) in [5.41, 5.74) is 1.93. The highest BCUT2D eigenvalue weighted by atomic mass is 16.5. The highest BCUT2D eigenvalue weighted by Crippen LogP contribution is 2.38. The average molecular weight is 376 g/mol. The number of nitrogens with one attached hydrogen (secondary N) is 1. The molecule has 0 fully saturated rings. The number of ether oxygens (including phenoxy) is 3. The maximum Gasteiger partial charge on any atom is 0.317 e. The van der Waals surface area contributed by atoms with E-state index in [-0.39, 0.29) is 17.2 Å². The van der Waals surface area contributed by atoms with Crippen molar-refractivity contribution in [3.63, 3.8) is 0 Å². The second-order valence-corrected chi connectivity index (χ2v) is 6.78. The van der Waals surface area contributed by atoms with Gasteiger partial charge in [-0.2, -0.15) is 4.73 Å². The summed E-state index contributed by atoms with van der Waals surface area (Å²) in [5, 5.41) is 12.7. The van der Waals surface area contributed by atoms with Crippen molar-refractivity contribution in [2.75, 3.05) is 21.3 Å². The predicted octanol–water partition coefficient (Wildman–Crippen LogP) is 2.39. The highest BCUT2D eigenvalue weighted by molar-refractivity contribution is 5.54. The van der Waals surface area contributed by atoms with E-state index in [0.29, 0.717) is 47.9 Å². The number of H-pyrrole nitrogens is 1. The van der Waals surface area contributed by atoms with E-state index in [1.54, 1.807) is 21.3 Å². The van der Waals surface area contributed by atoms with Crippen LogP contribution in [0.3, 0.4) is 0 Å². The number of aromatic amines is 1. The Kier molecular flexibility index (Phi) is 6.71. The zero-order valence-corrected chi connectivity index (χ0v) is 16.8. The van der Waals surface area contributed by atoms with Gasteiger partial charge in [0.2, 0.25) is 11.4 Å². The molecule has 1 heterocycles. The van der Waals surface area contributed by atoms with Crippen LogP contribution in [0.15, 0.2) is 16.9 Å². The molecule has 0 saturated heterocycles. The van der Waals surface area contributed by atoms with Gasteiger partial charge < -0.3 is 24.4 Å². The monoisotopic (exact) mass is 376 g/mol. The van der Waals surface area contributed by atoms with Gasteiger partial charge in [-0.25, -0.2) is 0 Å². The first-order valence-corrected chi connectivity index (χ1v) is 9.01. The molecule has 0 saturated carbocycles. The molecule has 0 atom stereocenters. The number of aromatic nitrogens is 2. The first-order valence-electron chi connectivity index (χ1n) is 9.01. The molecule has 1 aromatic carbocycles. The normalized spacial score (nSPS) is 10.9. The van der Waals surface area contributed by atoms with Crippen molar-refractivity contribution < 1.29 is 18.9 Å². The second kappa shape index (κ2) is 8.79. The van der Waals surface area contributed by atoms with Gasteiger partial charge in [-0.1, -0.05) is 20.8 Å². The molecule has 0 aliphatic rings. The van der Waals surface area contributed by atoms with E-state index < -0.39 is 0 Å². The van der Waals surface area contributed by atoms with E-state index in [4.69, 9.17) is 14.2 Å². The Morgan fingerprint density at radius 1 is 1.07 bits per heavy atom. The molecular formula is C20H28N2O5. The van der Waals surface area contributed by atoms with Crippen molar-refractivity contribution in [1.82, 2.24) is 4.98 Å². The Balaban J connectivity index is 2.53. The Labute approximate surface area is 159 Å². The highest BCUT2D eigenvalue weighted by Gasteiger charge is 2.22. The van der Waals surface area contributed by atoms with Crippen molar-refractivity contribution in [2.24, 2.45) is 5.92 Å². The van der Waals surface area contributed by atoms with Gasteiger partial charge in [0.05, 0.1) is 27.0 Å². The van der Waals surface area contributed by atoms with Gasteiger partial charge in [-0.15, -0.1) is 0 Å². The van der Waals surface area contributed by atoms with Gasteiger partial charge in [0, 0.05) is 19.3 Å². The number of hydrogen-bond acceptors (Lipinski definition) is 5. The number of nitrogens with zero attached hydrogens (tertiary/aromatic N) is 1. The molecule has 0 amide bonds. The molecule has 0 radical (unpaired) electrons. The lowest BCUT2D eigenvalue weighted by molar-refractivity contribution is -0.624. The molecule has 0 unspecified atom stereocenters. The topological polar surface area (TPSA) is 87.5 Å². The summed E-state index contributed by atoms with van der Waals surface area (Å²) in [5.74, 6) is 1.77. The van der Waals surface area contributed by atoms with Crippen molar-refractivity contribution >= 4 is 0 Å². The van der Waals surface area contributed by atoms with Gasteiger partial charge in [-0.3, -0.25) is 4.79 Å². The lowest BCUT2D eigenvalue weighted by atomic mass is 10.0. The third kappa shape index (κ3) is 4.35. The summed E-state index contributed by atoms with van der Waals surface area (Å²) in [6.07, 6.45) is 1.33. The minimum atomic E-state index is -0.335. The fourth-order valence-electron chi connectivity index (χ4n) is 3.17. The van der Waals surface area contributed by atoms with Crippen molar-refractivity contribution in [3.05, 3.63) is 50.3 Å². The number of rotatable bonds is 8. The minimum absolute atomic E-state index is 0.219. The number of methoxy groups -OCH3 is 3. The molecule has 2 aromatic rings. The van der Waals surface area contributed by atoms with Gasteiger partial charge in [0.1, 0.15) is 0 Å². The van der Waals surface area contributed by atoms with E-state index in [9.17, 15) is 10.0 Å². The molecule has 1 N–H and O–H groups in total. The predicted molar refractivity (Wildman–Crippen MR) is 103 cm³/mol. The zero-order valence-electron chi connectivity index (χ0n) is 16.8. The summed E-state index contributed by atoms with van der Waals surface area (Å²) in [7, 11) is 4.64. The van der Waals surface area contributed by atoms with Crippen LogP contribution in [-0.2, 0) is 19.3 Å². The van der Waals surface area contributed by atoms with Gasteiger partial charge in [0.15, 0.2) is 11.5 Å². The molecule has 27 heavy (non-hydrogen) atoms. The first kappa shape index (κ1) is 20.6. The van der Waals surface area contributed by atoms with Crippen LogP contribution in [0.4, 0.5) is 0 Å². The molecule has 2 rings (SSSR count). The summed E-state index contributed by atoms with van der Waals surface area (Å²) >= 11 is 0. The van der Waals surface area contributed by atoms with E-state index >= 15 is 0 Å². The van der Waals surface area contributed by atoms with Crippen LogP contribution in [0, 0.1) is 11.1 Å². The maximum atomic E-state index is 12.7. The van der Waals surface area contributed by atoms with Gasteiger partial charge >= 0.3 is 5.56 Å². The molecule has 1 aromatic heterocycles. The Hall–Kier alpha value is -2.70. The molecule has 148 valence electrons. The lowest BCUT2D eigenvalue weighted by Gasteiger charge is -2.16. The largest absolute Gasteiger partial charge is 0.618 e. The van der Waals surface area contributed by atoms with Crippen LogP contribution in [0.2, 0.25) is 0 Å². The molecule has 0 aliphatic carbocycles. The summed E-state index contributed by atoms with van der Waals surface area (Å²) in [6, 6.07) is 3.63. The van der Waals surface area contributed by atoms with Crippen LogP contribution < -0.4 is 24.5 Å². The molecule has 0 spiro atoms. The van der Waals surface area contributed by atoms with E-state index in [1.807, 2.05) is 32.9 Å². The standard InChI is InChI=1S/C20H28N2O5/c1-7-15-14(21-20(23)16(22(15)24)8-12(2)3)9-13-10-17(25-4)19(27-6)18(11-13)26-5/h10-12H,7-9H2,1-6H3,(H,21,23). The third-order valence-corrected chi connectivity index (χ3v) is 4.41. The summed E-state index contributed by atoms with van der Waals surface area (Å²) in [4.78, 5) is 15.4. The Morgan fingerprint density at radius 3 is 2.11 bits per heavy atom. The first-order chi connectivity index (χ1) is 12.9. The maximum absolute atomic E-state index is 12.7. The van der Waals surface area contributed by atoms with Gasteiger partial charge in [-0.05, 0) is 23.6 Å². The fraction of sp³-hybridized carbons (Fsp3) is 0.500. The lowest BCUT2D eigenvalue weighted by Crippen LogP contribution is -2.45. The summed E-state index contributed by atoms with van der Waals surface area (Å²) < 4.78 is 16.9. The van der Waals surface area contributed by atoms with E-state index in [2.05, 4.69) is 4.98 Å². The van der Waals surface area contributed by atoms with Crippen LogP contribution in [0.5, 0.6) is 17.2 Å². The SMILES string of the molecule is CCc1c(Cc2cc(OC)c(OC)c(OC)c2)[nH]c(=O)c(CC(C)C)[n+]1[O-]. The average Bonchev–Trinajstić information content (AvgIpc) is 2.64. The fourth-order valence-corrected chi connectivity index (χ4v) is 3.17. The van der Waals surface area contributed by atoms with E-state index in [0.717, 1.165) is 10.3 Å². The molecular weight excluding hydrogens is 348 g/mol. The smallest absolute Gasteiger partial charge is 0.317 e. The Morgan fingerprint density at radius 2 is 1.67 bits per heavy atom. The van der Waals surface area contributed by atoms with Crippen molar-refractivity contribution in [3.8, 4) is 17.2 Å². The summed E-state index contributed by atoms with van der Waals surface area (Å²) in [6.45, 7) is 5.86.